The molecule has 0 radical (unpaired) electrons. The van der Waals surface area contributed by atoms with Gasteiger partial charge in [-0.25, -0.2) is 0 Å². The lowest BCUT2D eigenvalue weighted by molar-refractivity contribution is 0.590. The summed E-state index contributed by atoms with van der Waals surface area (Å²) in [6.07, 6.45) is 0. The predicted octanol–water partition coefficient (Wildman–Crippen LogP) is 30.3. The van der Waals surface area contributed by atoms with Crippen molar-refractivity contribution >= 4 is 101 Å². The Kier molecular flexibility index (Phi) is 18.9. The fourth-order valence-electron chi connectivity index (χ4n) is 18.6. The standard InChI is InChI=1S/C114H123BN4/c1-106(2,3)76-38-28-70(29-39-76)74-36-52-87(72-32-42-78(43-33-72)108(7,8)9)99(60-74)118-101-68-85(116-95-56-46-80(110(13,14)15)62-89(95)90-63-81(111(16,17)18)47-57-96(90)116)50-54-93(101)115-94-55-51-86(117-97-58-48-82(112(19,20)21)64-91(97)92-65-83(113(22,23)24)49-59-98(92)117)69-102(94)119(104-67-84(114(25,26)27)66-103(118)105(104)115)100-61-75(71-30-40-77(41-31-71)107(4,5)6)37-53-88(100)73-34-44-79(45-35-73)109(10,11)12/h28-69H,1-27H3. The molecule has 15 aromatic rings. The number of aromatic nitrogens is 2. The number of fused-ring (bicyclic) bond motifs is 10. The van der Waals surface area contributed by atoms with Crippen LogP contribution in [-0.2, 0) is 48.7 Å². The van der Waals surface area contributed by atoms with Gasteiger partial charge in [0.15, 0.2) is 0 Å². The van der Waals surface area contributed by atoms with Crippen molar-refractivity contribution in [2.45, 2.75) is 236 Å². The van der Waals surface area contributed by atoms with E-state index >= 15 is 0 Å². The third kappa shape index (κ3) is 14.4. The van der Waals surface area contributed by atoms with Crippen molar-refractivity contribution in [1.82, 2.24) is 9.13 Å². The maximum absolute atomic E-state index is 2.74. The van der Waals surface area contributed by atoms with Gasteiger partial charge in [0.1, 0.15) is 0 Å². The summed E-state index contributed by atoms with van der Waals surface area (Å²) in [5, 5.41) is 5.07. The maximum atomic E-state index is 2.74. The molecule has 0 saturated heterocycles. The van der Waals surface area contributed by atoms with E-state index in [-0.39, 0.29) is 55.4 Å². The van der Waals surface area contributed by atoms with Crippen LogP contribution in [0.15, 0.2) is 255 Å². The Labute approximate surface area is 711 Å². The third-order valence-corrected chi connectivity index (χ3v) is 26.2. The topological polar surface area (TPSA) is 16.3 Å². The van der Waals surface area contributed by atoms with Crippen LogP contribution in [0.25, 0.3) is 99.5 Å². The van der Waals surface area contributed by atoms with Gasteiger partial charge < -0.3 is 18.9 Å². The van der Waals surface area contributed by atoms with Crippen LogP contribution in [-0.4, -0.2) is 15.8 Å². The Hall–Kier alpha value is -10.9. The largest absolute Gasteiger partial charge is 0.311 e. The number of rotatable bonds is 8. The van der Waals surface area contributed by atoms with Crippen LogP contribution in [0.1, 0.15) is 237 Å². The highest BCUT2D eigenvalue weighted by Crippen LogP contribution is 2.54. The molecule has 0 unspecified atom stereocenters. The summed E-state index contributed by atoms with van der Waals surface area (Å²) in [5.74, 6) is 0. The van der Waals surface area contributed by atoms with Crippen molar-refractivity contribution in [1.29, 1.82) is 0 Å². The van der Waals surface area contributed by atoms with Crippen molar-refractivity contribution < 1.29 is 0 Å². The van der Waals surface area contributed by atoms with Crippen molar-refractivity contribution in [2.75, 3.05) is 9.80 Å². The molecule has 119 heavy (non-hydrogen) atoms. The number of anilines is 6. The Morgan fingerprint density at radius 1 is 0.185 bits per heavy atom. The number of nitrogens with zero attached hydrogens (tertiary/aromatic N) is 4. The van der Waals surface area contributed by atoms with Crippen molar-refractivity contribution in [3.63, 3.8) is 0 Å². The highest BCUT2D eigenvalue weighted by Gasteiger charge is 2.46. The fraction of sp³-hybridized carbons (Fsp3) is 0.316. The van der Waals surface area contributed by atoms with Gasteiger partial charge in [-0.1, -0.05) is 345 Å². The monoisotopic (exact) mass is 1560 g/mol. The molecule has 2 aliphatic rings. The number of benzene rings is 13. The SMILES string of the molecule is CC(C)(C)c1ccc(-c2ccc(-c3ccc(C(C)(C)C)cc3)c(N3c4cc(-n5c6ccc(C(C)(C)C)cc6c6cc(C(C)(C)C)ccc65)ccc4B4c5ccc(-n6c7ccc(C(C)(C)C)cc7c7cc(C(C)(C)C)ccc76)cc5N(c5cc(-c6ccc(C(C)(C)C)cc6)ccc5-c5ccc(C(C)(C)C)cc5)c5cc(C(C)(C)C)cc3c54)c2)cc1. The average Bonchev–Trinajstić information content (AvgIpc) is 0.939. The lowest BCUT2D eigenvalue weighted by Gasteiger charge is -2.46. The normalized spacial score (nSPS) is 13.8. The lowest BCUT2D eigenvalue weighted by Crippen LogP contribution is -2.61. The zero-order valence-electron chi connectivity index (χ0n) is 76.1. The number of hydrogen-bond acceptors (Lipinski definition) is 2. The molecule has 0 atom stereocenters. The van der Waals surface area contributed by atoms with Gasteiger partial charge in [0.2, 0.25) is 0 Å². The molecule has 0 spiro atoms. The summed E-state index contributed by atoms with van der Waals surface area (Å²) >= 11 is 0. The summed E-state index contributed by atoms with van der Waals surface area (Å²) < 4.78 is 5.16. The number of hydrogen-bond donors (Lipinski definition) is 0. The minimum Gasteiger partial charge on any atom is -0.311 e. The highest BCUT2D eigenvalue weighted by molar-refractivity contribution is 7.00. The molecule has 0 N–H and O–H groups in total. The van der Waals surface area contributed by atoms with E-state index in [1.54, 1.807) is 0 Å². The zero-order chi connectivity index (χ0) is 84.9. The zero-order valence-corrected chi connectivity index (χ0v) is 76.1. The molecule has 2 aromatic heterocycles. The van der Waals surface area contributed by atoms with E-state index in [1.165, 1.54) is 132 Å². The van der Waals surface area contributed by atoms with E-state index in [0.717, 1.165) is 67.8 Å². The minimum absolute atomic E-state index is 0.0153. The van der Waals surface area contributed by atoms with Gasteiger partial charge >= 0.3 is 0 Å². The van der Waals surface area contributed by atoms with Gasteiger partial charge in [0, 0.05) is 66.8 Å². The Balaban J connectivity index is 1.03. The smallest absolute Gasteiger partial charge is 0.252 e. The van der Waals surface area contributed by atoms with E-state index in [0.29, 0.717) is 0 Å². The van der Waals surface area contributed by atoms with E-state index in [2.05, 4.69) is 461 Å². The molecule has 5 heteroatoms. The molecular formula is C114H123BN4. The molecule has 4 heterocycles. The van der Waals surface area contributed by atoms with E-state index in [1.807, 2.05) is 0 Å². The quantitative estimate of drug-likeness (QED) is 0.141. The molecule has 0 saturated carbocycles. The summed E-state index contributed by atoms with van der Waals surface area (Å²) in [7, 11) is 0. The minimum atomic E-state index is -0.339. The molecule has 602 valence electrons. The van der Waals surface area contributed by atoms with E-state index in [4.69, 9.17) is 0 Å². The van der Waals surface area contributed by atoms with Gasteiger partial charge in [-0.05, 0) is 246 Å². The van der Waals surface area contributed by atoms with Crippen LogP contribution in [0.5, 0.6) is 0 Å². The van der Waals surface area contributed by atoms with Crippen molar-refractivity contribution in [2.24, 2.45) is 0 Å². The van der Waals surface area contributed by atoms with Gasteiger partial charge in [0.05, 0.1) is 33.4 Å². The van der Waals surface area contributed by atoms with E-state index < -0.39 is 0 Å². The van der Waals surface area contributed by atoms with Crippen LogP contribution < -0.4 is 26.2 Å². The second-order valence-electron chi connectivity index (χ2n) is 44.1. The lowest BCUT2D eigenvalue weighted by atomic mass is 9.33. The van der Waals surface area contributed by atoms with Gasteiger partial charge in [-0.2, -0.15) is 0 Å². The van der Waals surface area contributed by atoms with Gasteiger partial charge in [-0.3, -0.25) is 0 Å². The van der Waals surface area contributed by atoms with Crippen molar-refractivity contribution in [3.8, 4) is 55.9 Å². The molecule has 0 aliphatic carbocycles. The highest BCUT2D eigenvalue weighted by atomic mass is 15.2. The first-order valence-corrected chi connectivity index (χ1v) is 43.6. The second-order valence-corrected chi connectivity index (χ2v) is 44.1. The molecule has 17 rings (SSSR count). The molecule has 0 fully saturated rings. The molecule has 2 aliphatic heterocycles. The third-order valence-electron chi connectivity index (χ3n) is 26.2. The summed E-state index contributed by atoms with van der Waals surface area (Å²) in [6, 6.07) is 102. The van der Waals surface area contributed by atoms with Crippen LogP contribution in [0.2, 0.25) is 0 Å². The second kappa shape index (κ2) is 27.9. The Morgan fingerprint density at radius 2 is 0.429 bits per heavy atom. The molecule has 4 nitrogen and oxygen atoms in total. The summed E-state index contributed by atoms with van der Waals surface area (Å²) in [5.41, 5.74) is 37.9. The van der Waals surface area contributed by atoms with Crippen LogP contribution >= 0.6 is 0 Å². The average molecular weight is 1560 g/mol. The summed E-state index contributed by atoms with van der Waals surface area (Å²) in [6.45, 7) is 63.0. The first-order valence-electron chi connectivity index (χ1n) is 43.6. The van der Waals surface area contributed by atoms with Crippen LogP contribution in [0.3, 0.4) is 0 Å². The summed E-state index contributed by atoms with van der Waals surface area (Å²) in [4.78, 5) is 5.47. The first-order chi connectivity index (χ1) is 55.7. The molecular weight excluding hydrogens is 1440 g/mol. The van der Waals surface area contributed by atoms with Crippen LogP contribution in [0.4, 0.5) is 34.1 Å². The molecule has 0 amide bonds. The van der Waals surface area contributed by atoms with Gasteiger partial charge in [-0.15, -0.1) is 0 Å². The maximum Gasteiger partial charge on any atom is 0.252 e. The Bertz CT molecular complexity index is 6010. The van der Waals surface area contributed by atoms with Crippen molar-refractivity contribution in [3.05, 3.63) is 305 Å². The predicted molar refractivity (Wildman–Crippen MR) is 519 cm³/mol. The molecule has 13 aromatic carbocycles. The first kappa shape index (κ1) is 80.5. The Morgan fingerprint density at radius 3 is 0.689 bits per heavy atom. The van der Waals surface area contributed by atoms with Crippen LogP contribution in [0, 0.1) is 0 Å². The van der Waals surface area contributed by atoms with Gasteiger partial charge in [0.25, 0.3) is 6.71 Å². The fourth-order valence-corrected chi connectivity index (χ4v) is 18.6. The molecule has 0 bridgehead atoms. The van der Waals surface area contributed by atoms with E-state index in [9.17, 15) is 0 Å².